The van der Waals surface area contributed by atoms with E-state index < -0.39 is 0 Å². The average Bonchev–Trinajstić information content (AvgIpc) is 2.33. The molecule has 0 unspecified atom stereocenters. The Kier molecular flexibility index (Phi) is 4.49. The van der Waals surface area contributed by atoms with E-state index in [1.54, 1.807) is 6.07 Å². The number of halogens is 2. The largest absolute Gasteiger partial charge is 0.369 e. The number of quaternary nitrogens is 1. The van der Waals surface area contributed by atoms with E-state index in [2.05, 4.69) is 0 Å². The molecule has 1 fully saturated rings. The number of carbonyl (C=O) groups is 1. The van der Waals surface area contributed by atoms with Crippen molar-refractivity contribution in [1.82, 2.24) is 0 Å². The van der Waals surface area contributed by atoms with Crippen molar-refractivity contribution in [3.8, 4) is 0 Å². The number of hydrogen-bond acceptors (Lipinski definition) is 1. The number of hydrogen-bond donors (Lipinski definition) is 2. The lowest BCUT2D eigenvalue weighted by Crippen LogP contribution is -3.11. The van der Waals surface area contributed by atoms with Crippen LogP contribution >= 0.6 is 23.2 Å². The second-order valence-corrected chi connectivity index (χ2v) is 5.68. The van der Waals surface area contributed by atoms with E-state index in [0.29, 0.717) is 10.0 Å². The third-order valence-electron chi connectivity index (χ3n) is 3.55. The maximum atomic E-state index is 11.1. The monoisotopic (exact) mass is 287 g/mol. The number of nitrogens with two attached hydrogens (primary N) is 1. The normalized spacial score (nSPS) is 23.9. The van der Waals surface area contributed by atoms with Gasteiger partial charge >= 0.3 is 0 Å². The zero-order valence-corrected chi connectivity index (χ0v) is 11.6. The number of piperidine rings is 1. The number of primary amides is 1. The minimum Gasteiger partial charge on any atom is -0.369 e. The lowest BCUT2D eigenvalue weighted by molar-refractivity contribution is -0.919. The first-order valence-electron chi connectivity index (χ1n) is 6.13. The molecule has 0 saturated carbocycles. The van der Waals surface area contributed by atoms with Gasteiger partial charge in [-0.25, -0.2) is 0 Å². The number of nitrogens with one attached hydrogen (secondary N) is 1. The van der Waals surface area contributed by atoms with Crippen LogP contribution in [0.15, 0.2) is 18.2 Å². The third-order valence-corrected chi connectivity index (χ3v) is 4.14. The van der Waals surface area contributed by atoms with Crippen LogP contribution < -0.4 is 10.6 Å². The van der Waals surface area contributed by atoms with Gasteiger partial charge in [0, 0.05) is 29.3 Å². The Morgan fingerprint density at radius 2 is 2.00 bits per heavy atom. The summed E-state index contributed by atoms with van der Waals surface area (Å²) in [4.78, 5) is 12.5. The van der Waals surface area contributed by atoms with Crippen molar-refractivity contribution in [2.75, 3.05) is 13.1 Å². The Labute approximate surface area is 117 Å². The number of benzene rings is 1. The smallest absolute Gasteiger partial charge is 0.220 e. The summed E-state index contributed by atoms with van der Waals surface area (Å²) in [5.74, 6) is -0.118. The van der Waals surface area contributed by atoms with Gasteiger partial charge in [-0.3, -0.25) is 4.79 Å². The second-order valence-electron chi connectivity index (χ2n) is 4.84. The van der Waals surface area contributed by atoms with Crippen LogP contribution in [0.2, 0.25) is 10.0 Å². The molecule has 0 aromatic heterocycles. The summed E-state index contributed by atoms with van der Waals surface area (Å²) in [5, 5.41) is 1.37. The predicted molar refractivity (Wildman–Crippen MR) is 72.8 cm³/mol. The molecular formula is C13H17Cl2N2O+. The van der Waals surface area contributed by atoms with E-state index >= 15 is 0 Å². The zero-order chi connectivity index (χ0) is 13.1. The Hall–Kier alpha value is -0.770. The van der Waals surface area contributed by atoms with Gasteiger partial charge in [0.25, 0.3) is 0 Å². The first-order valence-corrected chi connectivity index (χ1v) is 6.88. The molecule has 1 heterocycles. The van der Waals surface area contributed by atoms with Crippen molar-refractivity contribution in [3.05, 3.63) is 33.8 Å². The molecular weight excluding hydrogens is 271 g/mol. The molecule has 0 atom stereocenters. The third kappa shape index (κ3) is 3.37. The van der Waals surface area contributed by atoms with Crippen LogP contribution in [0.5, 0.6) is 0 Å². The van der Waals surface area contributed by atoms with Crippen molar-refractivity contribution in [2.24, 2.45) is 11.7 Å². The Balaban J connectivity index is 1.93. The molecule has 1 amide bonds. The maximum Gasteiger partial charge on any atom is 0.220 e. The quantitative estimate of drug-likeness (QED) is 0.864. The highest BCUT2D eigenvalue weighted by atomic mass is 35.5. The molecule has 0 radical (unpaired) electrons. The molecule has 2 rings (SSSR count). The summed E-state index contributed by atoms with van der Waals surface area (Å²) in [7, 11) is 0. The van der Waals surface area contributed by atoms with Gasteiger partial charge in [0.05, 0.1) is 18.1 Å². The van der Waals surface area contributed by atoms with Gasteiger partial charge in [-0.2, -0.15) is 0 Å². The first kappa shape index (κ1) is 13.7. The molecule has 98 valence electrons. The fourth-order valence-electron chi connectivity index (χ4n) is 2.42. The minimum absolute atomic E-state index is 0.0504. The topological polar surface area (TPSA) is 47.5 Å². The molecule has 1 aliphatic heterocycles. The van der Waals surface area contributed by atoms with E-state index in [4.69, 9.17) is 28.9 Å². The second kappa shape index (κ2) is 5.91. The van der Waals surface area contributed by atoms with Crippen LogP contribution in [0.4, 0.5) is 0 Å². The van der Waals surface area contributed by atoms with Gasteiger partial charge in [0.1, 0.15) is 6.54 Å². The maximum absolute atomic E-state index is 11.1. The van der Waals surface area contributed by atoms with Gasteiger partial charge in [-0.05, 0) is 12.1 Å². The lowest BCUT2D eigenvalue weighted by atomic mass is 9.96. The van der Waals surface area contributed by atoms with Crippen LogP contribution in [-0.2, 0) is 11.3 Å². The summed E-state index contributed by atoms with van der Waals surface area (Å²) >= 11 is 12.0. The SMILES string of the molecule is NC(=O)C1CC[NH+](Cc2ccc(Cl)cc2Cl)CC1. The van der Waals surface area contributed by atoms with Crippen LogP contribution in [0.25, 0.3) is 0 Å². The number of likely N-dealkylation sites (tertiary alicyclic amines) is 1. The van der Waals surface area contributed by atoms with E-state index in [1.807, 2.05) is 12.1 Å². The van der Waals surface area contributed by atoms with Crippen LogP contribution in [-0.4, -0.2) is 19.0 Å². The van der Waals surface area contributed by atoms with Gasteiger partial charge in [-0.15, -0.1) is 0 Å². The predicted octanol–water partition coefficient (Wildman–Crippen LogP) is 1.27. The molecule has 1 aliphatic rings. The van der Waals surface area contributed by atoms with Gasteiger partial charge < -0.3 is 10.6 Å². The molecule has 18 heavy (non-hydrogen) atoms. The molecule has 1 aromatic rings. The summed E-state index contributed by atoms with van der Waals surface area (Å²) < 4.78 is 0. The highest BCUT2D eigenvalue weighted by Crippen LogP contribution is 2.20. The van der Waals surface area contributed by atoms with E-state index in [1.165, 1.54) is 4.90 Å². The Bertz CT molecular complexity index is 443. The molecule has 0 spiro atoms. The molecule has 5 heteroatoms. The standard InChI is InChI=1S/C13H16Cl2N2O/c14-11-2-1-10(12(15)7-11)8-17-5-3-9(4-6-17)13(16)18/h1-2,7,9H,3-6,8H2,(H2,16,18)/p+1. The fraction of sp³-hybridized carbons (Fsp3) is 0.462. The Morgan fingerprint density at radius 1 is 1.33 bits per heavy atom. The highest BCUT2D eigenvalue weighted by Gasteiger charge is 2.26. The summed E-state index contributed by atoms with van der Waals surface area (Å²) in [6, 6.07) is 5.60. The zero-order valence-electron chi connectivity index (χ0n) is 10.1. The molecule has 0 aliphatic carbocycles. The number of amides is 1. The summed E-state index contributed by atoms with van der Waals surface area (Å²) in [6.45, 7) is 2.81. The molecule has 3 N–H and O–H groups in total. The van der Waals surface area contributed by atoms with E-state index in [-0.39, 0.29) is 11.8 Å². The molecule has 3 nitrogen and oxygen atoms in total. The van der Waals surface area contributed by atoms with Crippen LogP contribution in [0, 0.1) is 5.92 Å². The number of carbonyl (C=O) groups excluding carboxylic acids is 1. The van der Waals surface area contributed by atoms with Crippen molar-refractivity contribution in [1.29, 1.82) is 0 Å². The van der Waals surface area contributed by atoms with Crippen molar-refractivity contribution < 1.29 is 9.69 Å². The van der Waals surface area contributed by atoms with Crippen molar-refractivity contribution in [2.45, 2.75) is 19.4 Å². The van der Waals surface area contributed by atoms with E-state index in [9.17, 15) is 4.79 Å². The molecule has 1 saturated heterocycles. The highest BCUT2D eigenvalue weighted by molar-refractivity contribution is 6.35. The Morgan fingerprint density at radius 3 is 2.56 bits per heavy atom. The molecule has 0 bridgehead atoms. The van der Waals surface area contributed by atoms with Gasteiger partial charge in [0.15, 0.2) is 0 Å². The van der Waals surface area contributed by atoms with Crippen molar-refractivity contribution >= 4 is 29.1 Å². The van der Waals surface area contributed by atoms with Crippen LogP contribution in [0.3, 0.4) is 0 Å². The molecule has 1 aromatic carbocycles. The summed E-state index contributed by atoms with van der Waals surface area (Å²) in [5.41, 5.74) is 6.43. The van der Waals surface area contributed by atoms with Gasteiger partial charge in [-0.1, -0.05) is 29.3 Å². The first-order chi connectivity index (χ1) is 8.56. The fourth-order valence-corrected chi connectivity index (χ4v) is 2.90. The number of rotatable bonds is 3. The van der Waals surface area contributed by atoms with Crippen LogP contribution in [0.1, 0.15) is 18.4 Å². The van der Waals surface area contributed by atoms with E-state index in [0.717, 1.165) is 38.0 Å². The lowest BCUT2D eigenvalue weighted by Gasteiger charge is -2.27. The minimum atomic E-state index is -0.168. The van der Waals surface area contributed by atoms with Crippen molar-refractivity contribution in [3.63, 3.8) is 0 Å². The summed E-state index contributed by atoms with van der Waals surface area (Å²) in [6.07, 6.45) is 1.74. The average molecular weight is 288 g/mol. The van der Waals surface area contributed by atoms with Gasteiger partial charge in [0.2, 0.25) is 5.91 Å².